The first-order valence-electron chi connectivity index (χ1n) is 8.97. The van der Waals surface area contributed by atoms with E-state index in [1.54, 1.807) is 0 Å². The van der Waals surface area contributed by atoms with Crippen LogP contribution in [0.3, 0.4) is 0 Å². The van der Waals surface area contributed by atoms with Gasteiger partial charge in [0, 0.05) is 19.6 Å². The van der Waals surface area contributed by atoms with E-state index in [4.69, 9.17) is 4.98 Å². The van der Waals surface area contributed by atoms with Crippen molar-refractivity contribution in [2.45, 2.75) is 33.2 Å². The molecule has 2 aromatic heterocycles. The number of piperidine rings is 1. The molecule has 7 nitrogen and oxygen atoms in total. The van der Waals surface area contributed by atoms with Crippen LogP contribution < -0.4 is 10.2 Å². The lowest BCUT2D eigenvalue weighted by Crippen LogP contribution is -2.41. The summed E-state index contributed by atoms with van der Waals surface area (Å²) in [4.78, 5) is 19.7. The standard InChI is InChI=1S/C18H22N6OS/c1-3-24-15-9-5-4-8-14(15)19-18(24)23-10-6-7-13(11-23)16(25)20-17-22-21-12(2)26-17/h4-5,8-9,13H,3,6-7,10-11H2,1-2H3,(H,20,22,25)/t13-/m1/s1. The van der Waals surface area contributed by atoms with Crippen molar-refractivity contribution in [3.8, 4) is 0 Å². The zero-order valence-corrected chi connectivity index (χ0v) is 15.8. The molecule has 26 heavy (non-hydrogen) atoms. The third kappa shape index (κ3) is 3.16. The topological polar surface area (TPSA) is 75.9 Å². The molecule has 0 unspecified atom stereocenters. The second kappa shape index (κ2) is 7.03. The van der Waals surface area contributed by atoms with Crippen LogP contribution in [0.2, 0.25) is 0 Å². The van der Waals surface area contributed by atoms with E-state index in [1.165, 1.54) is 11.3 Å². The maximum Gasteiger partial charge on any atom is 0.231 e. The van der Waals surface area contributed by atoms with Crippen LogP contribution in [-0.4, -0.2) is 38.7 Å². The van der Waals surface area contributed by atoms with Crippen molar-refractivity contribution < 1.29 is 4.79 Å². The van der Waals surface area contributed by atoms with Gasteiger partial charge in [0.15, 0.2) is 0 Å². The van der Waals surface area contributed by atoms with Gasteiger partial charge in [-0.15, -0.1) is 10.2 Å². The summed E-state index contributed by atoms with van der Waals surface area (Å²) in [6, 6.07) is 8.18. The Balaban J connectivity index is 1.54. The molecule has 0 radical (unpaired) electrons. The monoisotopic (exact) mass is 370 g/mol. The number of aromatic nitrogens is 4. The van der Waals surface area contributed by atoms with E-state index in [0.717, 1.165) is 47.9 Å². The van der Waals surface area contributed by atoms with Gasteiger partial charge >= 0.3 is 0 Å². The third-order valence-electron chi connectivity index (χ3n) is 4.78. The number of hydrogen-bond acceptors (Lipinski definition) is 6. The average molecular weight is 370 g/mol. The van der Waals surface area contributed by atoms with Gasteiger partial charge in [-0.25, -0.2) is 4.98 Å². The zero-order valence-electron chi connectivity index (χ0n) is 15.0. The Morgan fingerprint density at radius 2 is 2.19 bits per heavy atom. The van der Waals surface area contributed by atoms with Gasteiger partial charge in [-0.3, -0.25) is 4.79 Å². The van der Waals surface area contributed by atoms with Crippen LogP contribution in [0.1, 0.15) is 24.8 Å². The van der Waals surface area contributed by atoms with Gasteiger partial charge in [0.05, 0.1) is 17.0 Å². The van der Waals surface area contributed by atoms with Crippen LogP contribution >= 0.6 is 11.3 Å². The molecule has 3 aromatic rings. The maximum atomic E-state index is 12.7. The summed E-state index contributed by atoms with van der Waals surface area (Å²) >= 11 is 1.40. The van der Waals surface area contributed by atoms with E-state index in [0.29, 0.717) is 11.7 Å². The molecule has 1 aromatic carbocycles. The smallest absolute Gasteiger partial charge is 0.231 e. The van der Waals surface area contributed by atoms with E-state index in [-0.39, 0.29) is 11.8 Å². The van der Waals surface area contributed by atoms with E-state index in [9.17, 15) is 4.79 Å². The van der Waals surface area contributed by atoms with Crippen LogP contribution in [-0.2, 0) is 11.3 Å². The highest BCUT2D eigenvalue weighted by atomic mass is 32.1. The summed E-state index contributed by atoms with van der Waals surface area (Å²) < 4.78 is 2.23. The maximum absolute atomic E-state index is 12.7. The summed E-state index contributed by atoms with van der Waals surface area (Å²) in [6.45, 7) is 6.46. The van der Waals surface area contributed by atoms with Crippen molar-refractivity contribution in [2.75, 3.05) is 23.3 Å². The summed E-state index contributed by atoms with van der Waals surface area (Å²) in [6.07, 6.45) is 1.85. The Morgan fingerprint density at radius 3 is 2.96 bits per heavy atom. The van der Waals surface area contributed by atoms with Crippen LogP contribution in [0.15, 0.2) is 24.3 Å². The average Bonchev–Trinajstić information content (AvgIpc) is 3.24. The van der Waals surface area contributed by atoms with E-state index in [1.807, 2.05) is 25.1 Å². The SMILES string of the molecule is CCn1c(N2CCC[C@@H](C(=O)Nc3nnc(C)s3)C2)nc2ccccc21. The molecule has 0 aliphatic carbocycles. The Morgan fingerprint density at radius 1 is 1.35 bits per heavy atom. The quantitative estimate of drug-likeness (QED) is 0.764. The van der Waals surface area contributed by atoms with Crippen molar-refractivity contribution in [1.29, 1.82) is 0 Å². The number of fused-ring (bicyclic) bond motifs is 1. The molecule has 1 aliphatic heterocycles. The number of anilines is 2. The van der Waals surface area contributed by atoms with Crippen molar-refractivity contribution in [1.82, 2.24) is 19.7 Å². The van der Waals surface area contributed by atoms with E-state index >= 15 is 0 Å². The van der Waals surface area contributed by atoms with Gasteiger partial charge in [0.2, 0.25) is 17.0 Å². The third-order valence-corrected chi connectivity index (χ3v) is 5.54. The number of aryl methyl sites for hydroxylation is 2. The fourth-order valence-electron chi connectivity index (χ4n) is 3.54. The molecule has 3 heterocycles. The van der Waals surface area contributed by atoms with Gasteiger partial charge in [-0.05, 0) is 38.8 Å². The molecular weight excluding hydrogens is 348 g/mol. The highest BCUT2D eigenvalue weighted by molar-refractivity contribution is 7.15. The molecule has 136 valence electrons. The summed E-state index contributed by atoms with van der Waals surface area (Å²) in [7, 11) is 0. The molecule has 1 saturated heterocycles. The lowest BCUT2D eigenvalue weighted by molar-refractivity contribution is -0.120. The molecule has 0 spiro atoms. The Hall–Kier alpha value is -2.48. The highest BCUT2D eigenvalue weighted by Crippen LogP contribution is 2.27. The molecule has 1 N–H and O–H groups in total. The largest absolute Gasteiger partial charge is 0.341 e. The molecule has 1 atom stereocenters. The second-order valence-corrected chi connectivity index (χ2v) is 7.73. The van der Waals surface area contributed by atoms with Crippen LogP contribution in [0.5, 0.6) is 0 Å². The molecule has 0 saturated carbocycles. The molecule has 4 rings (SSSR count). The van der Waals surface area contributed by atoms with Crippen LogP contribution in [0, 0.1) is 12.8 Å². The number of benzene rings is 1. The Labute approximate surface area is 156 Å². The number of imidazole rings is 1. The van der Waals surface area contributed by atoms with Crippen molar-refractivity contribution in [3.05, 3.63) is 29.3 Å². The van der Waals surface area contributed by atoms with Crippen molar-refractivity contribution >= 4 is 39.4 Å². The summed E-state index contributed by atoms with van der Waals surface area (Å²) in [5.41, 5.74) is 2.14. The zero-order chi connectivity index (χ0) is 18.1. The predicted octanol–water partition coefficient (Wildman–Crippen LogP) is 3.07. The van der Waals surface area contributed by atoms with E-state index < -0.39 is 0 Å². The van der Waals surface area contributed by atoms with Crippen molar-refractivity contribution in [3.63, 3.8) is 0 Å². The molecule has 1 fully saturated rings. The minimum atomic E-state index is -0.0712. The predicted molar refractivity (Wildman–Crippen MR) is 104 cm³/mol. The van der Waals surface area contributed by atoms with Gasteiger partial charge < -0.3 is 14.8 Å². The number of carbonyl (C=O) groups is 1. The Bertz CT molecular complexity index is 933. The van der Waals surface area contributed by atoms with Crippen LogP contribution in [0.4, 0.5) is 11.1 Å². The number of nitrogens with one attached hydrogen (secondary N) is 1. The summed E-state index contributed by atoms with van der Waals surface area (Å²) in [5, 5.41) is 12.3. The number of amides is 1. The van der Waals surface area contributed by atoms with Crippen LogP contribution in [0.25, 0.3) is 11.0 Å². The minimum Gasteiger partial charge on any atom is -0.341 e. The first-order chi connectivity index (χ1) is 12.7. The Kier molecular flexibility index (Phi) is 4.58. The van der Waals surface area contributed by atoms with Gasteiger partial charge in [0.25, 0.3) is 0 Å². The first-order valence-corrected chi connectivity index (χ1v) is 9.78. The van der Waals surface area contributed by atoms with Crippen molar-refractivity contribution in [2.24, 2.45) is 5.92 Å². The number of nitrogens with zero attached hydrogens (tertiary/aromatic N) is 5. The first kappa shape index (κ1) is 17.0. The summed E-state index contributed by atoms with van der Waals surface area (Å²) in [5.74, 6) is 0.904. The number of para-hydroxylation sites is 2. The molecule has 8 heteroatoms. The van der Waals surface area contributed by atoms with Gasteiger partial charge in [0.1, 0.15) is 5.01 Å². The minimum absolute atomic E-state index is 0.0185. The lowest BCUT2D eigenvalue weighted by Gasteiger charge is -2.32. The molecular formula is C18H22N6OS. The number of hydrogen-bond donors (Lipinski definition) is 1. The fourth-order valence-corrected chi connectivity index (χ4v) is 4.14. The fraction of sp³-hybridized carbons (Fsp3) is 0.444. The molecule has 0 bridgehead atoms. The van der Waals surface area contributed by atoms with E-state index in [2.05, 4.69) is 38.0 Å². The lowest BCUT2D eigenvalue weighted by atomic mass is 9.97. The van der Waals surface area contributed by atoms with Gasteiger partial charge in [-0.1, -0.05) is 23.5 Å². The normalized spacial score (nSPS) is 17.6. The molecule has 1 aliphatic rings. The number of carbonyl (C=O) groups excluding carboxylic acids is 1. The number of rotatable bonds is 4. The second-order valence-electron chi connectivity index (χ2n) is 6.55. The molecule has 1 amide bonds. The van der Waals surface area contributed by atoms with Gasteiger partial charge in [-0.2, -0.15) is 0 Å². The highest BCUT2D eigenvalue weighted by Gasteiger charge is 2.29.